The minimum atomic E-state index is -0.103. The van der Waals surface area contributed by atoms with Gasteiger partial charge in [-0.1, -0.05) is 48.2 Å². The molecule has 122 valence electrons. The number of ether oxygens (including phenoxy) is 1. The molecule has 24 heavy (non-hydrogen) atoms. The predicted octanol–water partition coefficient (Wildman–Crippen LogP) is 3.80. The number of methoxy groups -OCH3 is 1. The maximum absolute atomic E-state index is 12.6. The Kier molecular flexibility index (Phi) is 4.87. The van der Waals surface area contributed by atoms with Crippen LogP contribution in [0, 0.1) is 0 Å². The first-order valence-electron chi connectivity index (χ1n) is 7.24. The smallest absolute Gasteiger partial charge is 0.266 e. The summed E-state index contributed by atoms with van der Waals surface area (Å²) in [6.07, 6.45) is 1.78. The number of rotatable bonds is 4. The minimum absolute atomic E-state index is 0.103. The van der Waals surface area contributed by atoms with E-state index in [4.69, 9.17) is 17.0 Å². The van der Waals surface area contributed by atoms with Crippen LogP contribution in [0.2, 0.25) is 0 Å². The van der Waals surface area contributed by atoms with Crippen LogP contribution in [0.4, 0.5) is 0 Å². The molecule has 1 aliphatic rings. The fourth-order valence-electron chi connectivity index (χ4n) is 2.27. The number of thiocarbonyl (C=S) groups is 1. The summed E-state index contributed by atoms with van der Waals surface area (Å²) in [6, 6.07) is 14.2. The Balaban J connectivity index is 1.77. The number of nitrogens with zero attached hydrogens (tertiary/aromatic N) is 1. The van der Waals surface area contributed by atoms with E-state index in [1.54, 1.807) is 42.4 Å². The highest BCUT2D eigenvalue weighted by Crippen LogP contribution is 2.33. The minimum Gasteiger partial charge on any atom is -0.508 e. The molecule has 0 unspecified atom stereocenters. The van der Waals surface area contributed by atoms with E-state index < -0.39 is 0 Å². The van der Waals surface area contributed by atoms with Crippen LogP contribution in [-0.2, 0) is 11.3 Å². The Labute approximate surface area is 149 Å². The van der Waals surface area contributed by atoms with E-state index in [1.165, 1.54) is 11.8 Å². The van der Waals surface area contributed by atoms with Crippen molar-refractivity contribution < 1.29 is 14.6 Å². The molecule has 6 heteroatoms. The van der Waals surface area contributed by atoms with Gasteiger partial charge in [0.1, 0.15) is 15.8 Å². The number of hydrogen-bond donors (Lipinski definition) is 1. The van der Waals surface area contributed by atoms with Crippen molar-refractivity contribution in [3.63, 3.8) is 0 Å². The van der Waals surface area contributed by atoms with Gasteiger partial charge in [0, 0.05) is 0 Å². The molecule has 2 aromatic carbocycles. The molecule has 1 saturated heterocycles. The number of aromatic hydroxyl groups is 1. The molecule has 0 radical (unpaired) electrons. The highest BCUT2D eigenvalue weighted by Gasteiger charge is 2.31. The molecule has 1 fully saturated rings. The second-order valence-electron chi connectivity index (χ2n) is 5.21. The van der Waals surface area contributed by atoms with Gasteiger partial charge in [0.15, 0.2) is 0 Å². The lowest BCUT2D eigenvalue weighted by molar-refractivity contribution is -0.122. The number of phenols is 1. The average molecular weight is 357 g/mol. The van der Waals surface area contributed by atoms with Crippen molar-refractivity contribution in [3.05, 3.63) is 64.6 Å². The summed E-state index contributed by atoms with van der Waals surface area (Å²) in [5.41, 5.74) is 1.83. The van der Waals surface area contributed by atoms with Gasteiger partial charge in [0.05, 0.1) is 18.6 Å². The van der Waals surface area contributed by atoms with Crippen LogP contribution in [0.25, 0.3) is 6.08 Å². The van der Waals surface area contributed by atoms with Gasteiger partial charge >= 0.3 is 0 Å². The van der Waals surface area contributed by atoms with Crippen molar-refractivity contribution in [3.8, 4) is 11.5 Å². The van der Waals surface area contributed by atoms with E-state index in [-0.39, 0.29) is 11.7 Å². The van der Waals surface area contributed by atoms with Gasteiger partial charge in [-0.2, -0.15) is 0 Å². The van der Waals surface area contributed by atoms with Gasteiger partial charge in [0.2, 0.25) is 0 Å². The first-order valence-corrected chi connectivity index (χ1v) is 8.46. The number of benzene rings is 2. The molecule has 0 spiro atoms. The Hall–Kier alpha value is -2.31. The van der Waals surface area contributed by atoms with Gasteiger partial charge in [-0.15, -0.1) is 0 Å². The Morgan fingerprint density at radius 3 is 2.46 bits per heavy atom. The lowest BCUT2D eigenvalue weighted by atomic mass is 10.2. The number of carbonyl (C=O) groups is 1. The summed E-state index contributed by atoms with van der Waals surface area (Å²) in [5, 5.41) is 9.32. The van der Waals surface area contributed by atoms with Crippen LogP contribution in [-0.4, -0.2) is 27.3 Å². The quantitative estimate of drug-likeness (QED) is 0.666. The third kappa shape index (κ3) is 3.60. The van der Waals surface area contributed by atoms with Crippen molar-refractivity contribution in [2.75, 3.05) is 7.11 Å². The Morgan fingerprint density at radius 2 is 1.83 bits per heavy atom. The number of hydrogen-bond acceptors (Lipinski definition) is 5. The summed E-state index contributed by atoms with van der Waals surface area (Å²) in [7, 11) is 1.62. The van der Waals surface area contributed by atoms with Gasteiger partial charge in [-0.05, 0) is 41.5 Å². The summed E-state index contributed by atoms with van der Waals surface area (Å²) in [6.45, 7) is 0.432. The summed E-state index contributed by atoms with van der Waals surface area (Å²) < 4.78 is 5.68. The molecule has 0 atom stereocenters. The summed E-state index contributed by atoms with van der Waals surface area (Å²) >= 11 is 6.63. The second kappa shape index (κ2) is 7.07. The molecule has 3 rings (SSSR count). The molecule has 4 nitrogen and oxygen atoms in total. The molecule has 0 aliphatic carbocycles. The molecular formula is C18H15NO3S2. The average Bonchev–Trinajstić information content (AvgIpc) is 2.85. The molecular weight excluding hydrogens is 342 g/mol. The number of thioether (sulfide) groups is 1. The van der Waals surface area contributed by atoms with Crippen LogP contribution in [0.5, 0.6) is 11.5 Å². The first kappa shape index (κ1) is 16.5. The molecule has 1 amide bonds. The normalized spacial score (nSPS) is 16.0. The fourth-order valence-corrected chi connectivity index (χ4v) is 3.53. The lowest BCUT2D eigenvalue weighted by Gasteiger charge is -2.14. The monoisotopic (exact) mass is 357 g/mol. The molecule has 0 saturated carbocycles. The fraction of sp³-hybridized carbons (Fsp3) is 0.111. The molecule has 0 bridgehead atoms. The summed E-state index contributed by atoms with van der Waals surface area (Å²) in [5.74, 6) is 0.865. The zero-order valence-corrected chi connectivity index (χ0v) is 14.6. The van der Waals surface area contributed by atoms with Gasteiger partial charge in [0.25, 0.3) is 5.91 Å². The maximum atomic E-state index is 12.6. The highest BCUT2D eigenvalue weighted by molar-refractivity contribution is 8.26. The molecule has 2 aromatic rings. The van der Waals surface area contributed by atoms with Gasteiger partial charge in [-0.25, -0.2) is 0 Å². The lowest BCUT2D eigenvalue weighted by Crippen LogP contribution is -2.27. The summed E-state index contributed by atoms with van der Waals surface area (Å²) in [4.78, 5) is 14.8. The van der Waals surface area contributed by atoms with Crippen LogP contribution in [0.15, 0.2) is 53.4 Å². The van der Waals surface area contributed by atoms with E-state index in [0.717, 1.165) is 16.9 Å². The Bertz CT molecular complexity index is 798. The van der Waals surface area contributed by atoms with E-state index in [2.05, 4.69) is 0 Å². The van der Waals surface area contributed by atoms with Crippen molar-refractivity contribution in [1.29, 1.82) is 0 Å². The van der Waals surface area contributed by atoms with Gasteiger partial charge in [-0.3, -0.25) is 9.69 Å². The molecule has 1 N–H and O–H groups in total. The van der Waals surface area contributed by atoms with Crippen molar-refractivity contribution in [2.45, 2.75) is 6.54 Å². The zero-order chi connectivity index (χ0) is 17.1. The predicted molar refractivity (Wildman–Crippen MR) is 99.8 cm³/mol. The van der Waals surface area contributed by atoms with E-state index in [0.29, 0.717) is 15.8 Å². The standard InChI is InChI=1S/C18H15NO3S2/c1-22-15-8-4-13(5-9-15)11-19-17(21)16(24-18(19)23)10-12-2-6-14(20)7-3-12/h2-10,20H,11H2,1H3/b16-10+. The maximum Gasteiger partial charge on any atom is 0.266 e. The second-order valence-corrected chi connectivity index (χ2v) is 6.88. The van der Waals surface area contributed by atoms with Crippen LogP contribution in [0.1, 0.15) is 11.1 Å². The van der Waals surface area contributed by atoms with E-state index in [1.807, 2.05) is 24.3 Å². The van der Waals surface area contributed by atoms with Crippen molar-refractivity contribution in [1.82, 2.24) is 4.90 Å². The van der Waals surface area contributed by atoms with E-state index >= 15 is 0 Å². The topological polar surface area (TPSA) is 49.8 Å². The number of phenolic OH excluding ortho intramolecular Hbond substituents is 1. The SMILES string of the molecule is COc1ccc(CN2C(=O)/C(=C\c3ccc(O)cc3)SC2=S)cc1. The largest absolute Gasteiger partial charge is 0.508 e. The van der Waals surface area contributed by atoms with Crippen LogP contribution < -0.4 is 4.74 Å². The zero-order valence-electron chi connectivity index (χ0n) is 12.9. The van der Waals surface area contributed by atoms with E-state index in [9.17, 15) is 9.90 Å². The van der Waals surface area contributed by atoms with Crippen LogP contribution >= 0.6 is 24.0 Å². The highest BCUT2D eigenvalue weighted by atomic mass is 32.2. The Morgan fingerprint density at radius 1 is 1.17 bits per heavy atom. The third-order valence-electron chi connectivity index (χ3n) is 3.56. The van der Waals surface area contributed by atoms with Crippen molar-refractivity contribution in [2.24, 2.45) is 0 Å². The van der Waals surface area contributed by atoms with Crippen LogP contribution in [0.3, 0.4) is 0 Å². The van der Waals surface area contributed by atoms with Crippen molar-refractivity contribution >= 4 is 40.3 Å². The number of amides is 1. The number of carbonyl (C=O) groups excluding carboxylic acids is 1. The van der Waals surface area contributed by atoms with Gasteiger partial charge < -0.3 is 9.84 Å². The molecule has 0 aromatic heterocycles. The molecule has 1 aliphatic heterocycles. The first-order chi connectivity index (χ1) is 11.6. The molecule has 1 heterocycles. The third-order valence-corrected chi connectivity index (χ3v) is 4.94.